The molecule has 78 valence electrons. The number of hydrogen-bond donors (Lipinski definition) is 1. The first-order valence-electron chi connectivity index (χ1n) is 4.67. The molecule has 1 heterocycles. The largest absolute Gasteiger partial charge is 0.348 e. The van der Waals surface area contributed by atoms with Crippen LogP contribution in [0.2, 0.25) is 10.0 Å². The molecule has 0 aliphatic heterocycles. The third-order valence-electron chi connectivity index (χ3n) is 2.23. The van der Waals surface area contributed by atoms with Gasteiger partial charge in [-0.1, -0.05) is 29.3 Å². The van der Waals surface area contributed by atoms with Crippen molar-refractivity contribution in [1.82, 2.24) is 9.97 Å². The van der Waals surface area contributed by atoms with Crippen molar-refractivity contribution in [3.8, 4) is 0 Å². The summed E-state index contributed by atoms with van der Waals surface area (Å²) < 4.78 is 0. The van der Waals surface area contributed by atoms with Crippen LogP contribution in [0.5, 0.6) is 0 Å². The lowest BCUT2D eigenvalue weighted by Crippen LogP contribution is -1.92. The van der Waals surface area contributed by atoms with Gasteiger partial charge in [0.25, 0.3) is 0 Å². The molecule has 0 aliphatic carbocycles. The molecule has 0 spiro atoms. The molecule has 2 nitrogen and oxygen atoms in total. The van der Waals surface area contributed by atoms with Crippen LogP contribution in [0.25, 0.3) is 0 Å². The van der Waals surface area contributed by atoms with Gasteiger partial charge in [0.05, 0.1) is 6.33 Å². The number of rotatable bonds is 3. The van der Waals surface area contributed by atoms with E-state index < -0.39 is 0 Å². The summed E-state index contributed by atoms with van der Waals surface area (Å²) in [6.07, 6.45) is 5.29. The number of hydrogen-bond acceptors (Lipinski definition) is 1. The van der Waals surface area contributed by atoms with Crippen LogP contribution in [-0.2, 0) is 12.8 Å². The summed E-state index contributed by atoms with van der Waals surface area (Å²) in [5, 5.41) is 1.40. The van der Waals surface area contributed by atoms with Gasteiger partial charge in [0, 0.05) is 21.9 Å². The third kappa shape index (κ3) is 2.74. The first-order valence-corrected chi connectivity index (χ1v) is 5.42. The van der Waals surface area contributed by atoms with Gasteiger partial charge >= 0.3 is 0 Å². The summed E-state index contributed by atoms with van der Waals surface area (Å²) in [4.78, 5) is 7.02. The summed E-state index contributed by atoms with van der Waals surface area (Å²) >= 11 is 11.9. The molecular formula is C11H10Cl2N2. The van der Waals surface area contributed by atoms with E-state index >= 15 is 0 Å². The highest BCUT2D eigenvalue weighted by atomic mass is 35.5. The van der Waals surface area contributed by atoms with Crippen LogP contribution in [0.3, 0.4) is 0 Å². The predicted octanol–water partition coefficient (Wildman–Crippen LogP) is 3.50. The molecule has 0 unspecified atom stereocenters. The van der Waals surface area contributed by atoms with Crippen molar-refractivity contribution in [2.75, 3.05) is 0 Å². The molecule has 4 heteroatoms. The fraction of sp³-hybridized carbons (Fsp3) is 0.182. The molecular weight excluding hydrogens is 231 g/mol. The highest BCUT2D eigenvalue weighted by molar-refractivity contribution is 6.35. The Kier molecular flexibility index (Phi) is 3.29. The predicted molar refractivity (Wildman–Crippen MR) is 62.5 cm³/mol. The van der Waals surface area contributed by atoms with E-state index in [2.05, 4.69) is 9.97 Å². The minimum absolute atomic E-state index is 0.672. The number of benzene rings is 1. The summed E-state index contributed by atoms with van der Waals surface area (Å²) in [6, 6.07) is 5.59. The molecule has 0 atom stereocenters. The summed E-state index contributed by atoms with van der Waals surface area (Å²) in [7, 11) is 0. The third-order valence-corrected chi connectivity index (χ3v) is 2.82. The Morgan fingerprint density at radius 3 is 2.73 bits per heavy atom. The average Bonchev–Trinajstić information content (AvgIpc) is 2.69. The van der Waals surface area contributed by atoms with Crippen LogP contribution in [0, 0.1) is 0 Å². The van der Waals surface area contributed by atoms with Crippen molar-refractivity contribution in [2.45, 2.75) is 12.8 Å². The van der Waals surface area contributed by atoms with Crippen LogP contribution in [0.4, 0.5) is 0 Å². The van der Waals surface area contributed by atoms with Crippen molar-refractivity contribution >= 4 is 23.2 Å². The normalized spacial score (nSPS) is 10.5. The molecule has 0 bridgehead atoms. The zero-order valence-electron chi connectivity index (χ0n) is 8.00. The standard InChI is InChI=1S/C11H10Cl2N2/c12-9-3-1-8(11(13)5-9)2-4-10-6-14-7-15-10/h1,3,5-7H,2,4H2,(H,14,15). The fourth-order valence-corrected chi connectivity index (χ4v) is 1.92. The first kappa shape index (κ1) is 10.5. The number of aryl methyl sites for hydroxylation is 2. The van der Waals surface area contributed by atoms with E-state index in [4.69, 9.17) is 23.2 Å². The van der Waals surface area contributed by atoms with Crippen molar-refractivity contribution in [1.29, 1.82) is 0 Å². The monoisotopic (exact) mass is 240 g/mol. The van der Waals surface area contributed by atoms with Crippen LogP contribution in [0.1, 0.15) is 11.3 Å². The van der Waals surface area contributed by atoms with Gasteiger partial charge in [-0.15, -0.1) is 0 Å². The molecule has 1 N–H and O–H groups in total. The molecule has 0 saturated heterocycles. The van der Waals surface area contributed by atoms with Crippen LogP contribution in [-0.4, -0.2) is 9.97 Å². The smallest absolute Gasteiger partial charge is 0.0921 e. The van der Waals surface area contributed by atoms with Gasteiger partial charge in [0.1, 0.15) is 0 Å². The molecule has 2 aromatic rings. The van der Waals surface area contributed by atoms with Gasteiger partial charge < -0.3 is 4.98 Å². The zero-order valence-corrected chi connectivity index (χ0v) is 9.52. The van der Waals surface area contributed by atoms with Gasteiger partial charge in [0.2, 0.25) is 0 Å². The maximum absolute atomic E-state index is 6.06. The van der Waals surface area contributed by atoms with E-state index in [0.717, 1.165) is 29.1 Å². The van der Waals surface area contributed by atoms with Gasteiger partial charge in [-0.05, 0) is 30.5 Å². The van der Waals surface area contributed by atoms with Gasteiger partial charge in [0.15, 0.2) is 0 Å². The van der Waals surface area contributed by atoms with Crippen molar-refractivity contribution in [3.63, 3.8) is 0 Å². The Bertz CT molecular complexity index is 438. The lowest BCUT2D eigenvalue weighted by atomic mass is 10.1. The Morgan fingerprint density at radius 2 is 2.07 bits per heavy atom. The van der Waals surface area contributed by atoms with E-state index in [0.29, 0.717) is 5.02 Å². The molecule has 2 rings (SSSR count). The zero-order chi connectivity index (χ0) is 10.7. The Hall–Kier alpha value is -0.990. The second kappa shape index (κ2) is 4.69. The summed E-state index contributed by atoms with van der Waals surface area (Å²) in [5.41, 5.74) is 2.22. The van der Waals surface area contributed by atoms with Crippen molar-refractivity contribution < 1.29 is 0 Å². The molecule has 1 aromatic heterocycles. The maximum Gasteiger partial charge on any atom is 0.0921 e. The number of nitrogens with one attached hydrogen (secondary N) is 1. The summed E-state index contributed by atoms with van der Waals surface area (Å²) in [5.74, 6) is 0. The van der Waals surface area contributed by atoms with Crippen molar-refractivity contribution in [2.24, 2.45) is 0 Å². The quantitative estimate of drug-likeness (QED) is 0.875. The fourth-order valence-electron chi connectivity index (χ4n) is 1.42. The van der Waals surface area contributed by atoms with Crippen molar-refractivity contribution in [3.05, 3.63) is 52.0 Å². The lowest BCUT2D eigenvalue weighted by molar-refractivity contribution is 0.926. The minimum atomic E-state index is 0.672. The van der Waals surface area contributed by atoms with Crippen LogP contribution >= 0.6 is 23.2 Å². The highest BCUT2D eigenvalue weighted by Crippen LogP contribution is 2.21. The number of aromatic amines is 1. The molecule has 0 fully saturated rings. The highest BCUT2D eigenvalue weighted by Gasteiger charge is 2.02. The minimum Gasteiger partial charge on any atom is -0.348 e. The second-order valence-electron chi connectivity index (χ2n) is 3.31. The van der Waals surface area contributed by atoms with Crippen LogP contribution < -0.4 is 0 Å². The van der Waals surface area contributed by atoms with E-state index in [9.17, 15) is 0 Å². The number of halogens is 2. The molecule has 0 saturated carbocycles. The van der Waals surface area contributed by atoms with Gasteiger partial charge in [-0.25, -0.2) is 4.98 Å². The maximum atomic E-state index is 6.06. The molecule has 0 amide bonds. The SMILES string of the molecule is Clc1ccc(CCc2cnc[nH]2)c(Cl)c1. The first-order chi connectivity index (χ1) is 7.25. The Morgan fingerprint density at radius 1 is 1.20 bits per heavy atom. The average molecular weight is 241 g/mol. The van der Waals surface area contributed by atoms with Crippen LogP contribution in [0.15, 0.2) is 30.7 Å². The lowest BCUT2D eigenvalue weighted by Gasteiger charge is -2.03. The Balaban J connectivity index is 2.05. The molecule has 0 aliphatic rings. The number of aromatic nitrogens is 2. The summed E-state index contributed by atoms with van der Waals surface area (Å²) in [6.45, 7) is 0. The molecule has 0 radical (unpaired) electrons. The van der Waals surface area contributed by atoms with Gasteiger partial charge in [-0.3, -0.25) is 0 Å². The number of nitrogens with zero attached hydrogens (tertiary/aromatic N) is 1. The van der Waals surface area contributed by atoms with E-state index in [-0.39, 0.29) is 0 Å². The van der Waals surface area contributed by atoms with E-state index in [1.807, 2.05) is 18.3 Å². The van der Waals surface area contributed by atoms with E-state index in [1.165, 1.54) is 0 Å². The van der Waals surface area contributed by atoms with E-state index in [1.54, 1.807) is 12.4 Å². The van der Waals surface area contributed by atoms with Gasteiger partial charge in [-0.2, -0.15) is 0 Å². The molecule has 1 aromatic carbocycles. The number of imidazole rings is 1. The number of H-pyrrole nitrogens is 1. The second-order valence-corrected chi connectivity index (χ2v) is 4.16. The molecule has 15 heavy (non-hydrogen) atoms. The Labute approximate surface area is 98.3 Å². The topological polar surface area (TPSA) is 28.7 Å².